The number of ether oxygens (including phenoxy) is 2. The number of para-hydroxylation sites is 1. The fraction of sp³-hybridized carbons (Fsp3) is 0.588. The summed E-state index contributed by atoms with van der Waals surface area (Å²) in [6, 6.07) is 7.72. The lowest BCUT2D eigenvalue weighted by Gasteiger charge is -2.25. The zero-order valence-electron chi connectivity index (χ0n) is 13.8. The average Bonchev–Trinajstić information content (AvgIpc) is 3.30. The van der Waals surface area contributed by atoms with Crippen LogP contribution in [0.25, 0.3) is 0 Å². The molecule has 3 aliphatic heterocycles. The van der Waals surface area contributed by atoms with Crippen LogP contribution in [-0.4, -0.2) is 48.3 Å². The van der Waals surface area contributed by atoms with E-state index in [-0.39, 0.29) is 30.0 Å². The molecule has 0 saturated carbocycles. The van der Waals surface area contributed by atoms with Gasteiger partial charge in [0.25, 0.3) is 0 Å². The minimum absolute atomic E-state index is 0.0246. The second kappa shape index (κ2) is 6.95. The highest BCUT2D eigenvalue weighted by molar-refractivity contribution is 6.32. The minimum atomic E-state index is -1.95. The van der Waals surface area contributed by atoms with E-state index >= 15 is 0 Å². The first-order chi connectivity index (χ1) is 12.1. The summed E-state index contributed by atoms with van der Waals surface area (Å²) in [5.74, 6) is 0.512. The molecule has 3 aliphatic rings. The lowest BCUT2D eigenvalue weighted by atomic mass is 9.88. The van der Waals surface area contributed by atoms with Crippen molar-refractivity contribution in [2.24, 2.45) is 5.92 Å². The Labute approximate surface area is 146 Å². The monoisotopic (exact) mass is 347 g/mol. The zero-order valence-corrected chi connectivity index (χ0v) is 13.8. The lowest BCUT2D eigenvalue weighted by molar-refractivity contribution is -0.129. The molecule has 2 bridgehead atoms. The summed E-state index contributed by atoms with van der Waals surface area (Å²) in [6.07, 6.45) is 2.40. The van der Waals surface area contributed by atoms with Crippen molar-refractivity contribution in [2.75, 3.05) is 6.61 Å². The molecule has 4 rings (SSSR count). The van der Waals surface area contributed by atoms with Gasteiger partial charge in [0.05, 0.1) is 24.7 Å². The van der Waals surface area contributed by atoms with Gasteiger partial charge in [0.15, 0.2) is 0 Å². The third-order valence-electron chi connectivity index (χ3n) is 5.33. The fourth-order valence-electron chi connectivity index (χ4n) is 4.16. The van der Waals surface area contributed by atoms with Crippen molar-refractivity contribution in [3.05, 3.63) is 29.8 Å². The molecule has 3 N–H and O–H groups in total. The summed E-state index contributed by atoms with van der Waals surface area (Å²) >= 11 is 0. The number of amides is 1. The predicted molar refractivity (Wildman–Crippen MR) is 88.5 cm³/mol. The van der Waals surface area contributed by atoms with E-state index in [1.165, 1.54) is 0 Å². The first-order valence-corrected chi connectivity index (χ1v) is 8.79. The molecule has 0 radical (unpaired) electrons. The molecule has 0 unspecified atom stereocenters. The maximum atomic E-state index is 12.6. The Morgan fingerprint density at radius 3 is 2.92 bits per heavy atom. The van der Waals surface area contributed by atoms with Crippen LogP contribution >= 0.6 is 0 Å². The van der Waals surface area contributed by atoms with Crippen LogP contribution in [0, 0.1) is 5.92 Å². The van der Waals surface area contributed by atoms with E-state index < -0.39 is 13.5 Å². The van der Waals surface area contributed by atoms with Crippen LogP contribution in [0.1, 0.15) is 37.2 Å². The maximum Gasteiger partial charge on any atom is 0.635 e. The van der Waals surface area contributed by atoms with Crippen LogP contribution < -0.4 is 10.1 Å². The van der Waals surface area contributed by atoms with Crippen molar-refractivity contribution < 1.29 is 29.0 Å². The van der Waals surface area contributed by atoms with Gasteiger partial charge in [0.1, 0.15) is 12.0 Å². The van der Waals surface area contributed by atoms with Gasteiger partial charge in [-0.05, 0) is 25.3 Å². The van der Waals surface area contributed by atoms with E-state index in [1.807, 2.05) is 24.3 Å². The van der Waals surface area contributed by atoms with Crippen LogP contribution in [0.4, 0.5) is 0 Å². The van der Waals surface area contributed by atoms with E-state index in [0.29, 0.717) is 13.0 Å². The smallest absolute Gasteiger partial charge is 0.493 e. The molecule has 0 aromatic heterocycles. The van der Waals surface area contributed by atoms with Gasteiger partial charge in [-0.2, -0.15) is 0 Å². The van der Waals surface area contributed by atoms with Crippen LogP contribution in [0.15, 0.2) is 24.3 Å². The lowest BCUT2D eigenvalue weighted by Crippen LogP contribution is -2.46. The Hall–Kier alpha value is -1.61. The number of hydrogen-bond donors (Lipinski definition) is 3. The summed E-state index contributed by atoms with van der Waals surface area (Å²) in [4.78, 5) is 12.6. The second-order valence-corrected chi connectivity index (χ2v) is 6.96. The molecule has 134 valence electrons. The summed E-state index contributed by atoms with van der Waals surface area (Å²) < 4.78 is 16.5. The van der Waals surface area contributed by atoms with E-state index in [2.05, 4.69) is 5.32 Å². The first kappa shape index (κ1) is 16.8. The average molecular weight is 347 g/mol. The maximum absolute atomic E-state index is 12.6. The van der Waals surface area contributed by atoms with Crippen molar-refractivity contribution in [3.63, 3.8) is 0 Å². The highest BCUT2D eigenvalue weighted by atomic mass is 16.6. The summed E-state index contributed by atoms with van der Waals surface area (Å²) in [5, 5.41) is 21.2. The molecule has 7 nitrogen and oxygen atoms in total. The molecule has 2 fully saturated rings. The second-order valence-electron chi connectivity index (χ2n) is 6.96. The molecular weight excluding hydrogens is 325 g/mol. The molecule has 1 amide bonds. The van der Waals surface area contributed by atoms with Gasteiger partial charge < -0.3 is 29.5 Å². The van der Waals surface area contributed by atoms with Crippen LogP contribution in [0.2, 0.25) is 0 Å². The molecule has 0 spiro atoms. The van der Waals surface area contributed by atoms with Crippen LogP contribution in [-0.2, 0) is 14.2 Å². The number of rotatable bonds is 6. The van der Waals surface area contributed by atoms with E-state index in [0.717, 1.165) is 30.6 Å². The third kappa shape index (κ3) is 3.53. The Bertz CT molecular complexity index is 641. The Balaban J connectivity index is 1.41. The van der Waals surface area contributed by atoms with Crippen molar-refractivity contribution >= 4 is 13.2 Å². The first-order valence-electron chi connectivity index (χ1n) is 8.79. The molecule has 5 atom stereocenters. The minimum Gasteiger partial charge on any atom is -0.493 e. The Kier molecular flexibility index (Phi) is 4.68. The van der Waals surface area contributed by atoms with Gasteiger partial charge in [-0.1, -0.05) is 18.2 Å². The number of carbonyl (C=O) groups is 1. The van der Waals surface area contributed by atoms with Gasteiger partial charge in [0, 0.05) is 17.9 Å². The normalized spacial score (nSPS) is 30.6. The van der Waals surface area contributed by atoms with Crippen molar-refractivity contribution in [3.8, 4) is 5.75 Å². The fourth-order valence-corrected chi connectivity index (χ4v) is 4.16. The van der Waals surface area contributed by atoms with Gasteiger partial charge in [-0.15, -0.1) is 0 Å². The van der Waals surface area contributed by atoms with Crippen molar-refractivity contribution in [1.29, 1.82) is 0 Å². The van der Waals surface area contributed by atoms with Gasteiger partial charge in [-0.25, -0.2) is 0 Å². The van der Waals surface area contributed by atoms with Crippen LogP contribution in [0.5, 0.6) is 5.75 Å². The van der Waals surface area contributed by atoms with Gasteiger partial charge in [0.2, 0.25) is 5.91 Å². The molecular formula is C17H22BNO6. The molecule has 0 aliphatic carbocycles. The Morgan fingerprint density at radius 2 is 2.20 bits per heavy atom. The summed E-state index contributed by atoms with van der Waals surface area (Å²) in [5.41, 5.74) is 1.04. The van der Waals surface area contributed by atoms with Gasteiger partial charge in [-0.3, -0.25) is 4.79 Å². The highest BCUT2D eigenvalue weighted by Crippen LogP contribution is 2.39. The number of nitrogens with one attached hydrogen (secondary N) is 1. The molecule has 25 heavy (non-hydrogen) atoms. The number of hydrogen-bond acceptors (Lipinski definition) is 6. The van der Waals surface area contributed by atoms with Crippen molar-refractivity contribution in [2.45, 2.75) is 50.0 Å². The molecule has 2 saturated heterocycles. The molecule has 3 heterocycles. The number of carbonyl (C=O) groups excluding carboxylic acids is 1. The quantitative estimate of drug-likeness (QED) is 0.514. The third-order valence-corrected chi connectivity index (χ3v) is 5.33. The molecule has 1 aromatic rings. The zero-order chi connectivity index (χ0) is 17.4. The largest absolute Gasteiger partial charge is 0.635 e. The van der Waals surface area contributed by atoms with Gasteiger partial charge >= 0.3 is 7.32 Å². The van der Waals surface area contributed by atoms with E-state index in [4.69, 9.17) is 14.1 Å². The van der Waals surface area contributed by atoms with Crippen LogP contribution in [0.3, 0.4) is 0 Å². The summed E-state index contributed by atoms with van der Waals surface area (Å²) in [7, 11) is -1.95. The SMILES string of the molecule is O=C(N[C@@H](C[C@H]1COc2ccccc21)OB(O)O)[C@H]1C[C@H]2CC[C@@H]1O2. The molecule has 8 heteroatoms. The predicted octanol–water partition coefficient (Wildman–Crippen LogP) is 0.549. The summed E-state index contributed by atoms with van der Waals surface area (Å²) in [6.45, 7) is 0.480. The number of fused-ring (bicyclic) bond motifs is 3. The standard InChI is InChI=1S/C17H22BNO6/c20-17(13-8-11-5-6-15(13)24-11)19-16(25-18(21)22)7-10-9-23-14-4-2-1-3-12(10)14/h1-4,10-11,13,15-16,21-22H,5-9H2,(H,19,20)/t10-,11+,13-,15-,16+/m0/s1. The van der Waals surface area contributed by atoms with E-state index in [1.54, 1.807) is 0 Å². The number of benzene rings is 1. The molecule has 1 aromatic carbocycles. The van der Waals surface area contributed by atoms with Crippen molar-refractivity contribution in [1.82, 2.24) is 5.32 Å². The van der Waals surface area contributed by atoms with E-state index in [9.17, 15) is 14.8 Å². The topological polar surface area (TPSA) is 97.3 Å². The highest BCUT2D eigenvalue weighted by Gasteiger charge is 2.45. The Morgan fingerprint density at radius 1 is 1.36 bits per heavy atom.